The number of rotatable bonds is 2. The quantitative estimate of drug-likeness (QED) is 0.682. The summed E-state index contributed by atoms with van der Waals surface area (Å²) in [5, 5.41) is 0. The Kier molecular flexibility index (Phi) is 3.35. The minimum atomic E-state index is 0.401. The summed E-state index contributed by atoms with van der Waals surface area (Å²) in [7, 11) is 0. The first-order valence-corrected chi connectivity index (χ1v) is 7.30. The van der Waals surface area contributed by atoms with Gasteiger partial charge < -0.3 is 4.90 Å². The maximum Gasteiger partial charge on any atom is 0.0629 e. The highest BCUT2D eigenvalue weighted by Crippen LogP contribution is 2.46. The van der Waals surface area contributed by atoms with Crippen LogP contribution in [0.4, 0.5) is 5.69 Å². The Hall–Kier alpha value is -2.02. The van der Waals surface area contributed by atoms with Gasteiger partial charge in [0, 0.05) is 17.3 Å². The number of anilines is 1. The summed E-state index contributed by atoms with van der Waals surface area (Å²) in [6.45, 7) is 6.36. The maximum absolute atomic E-state index is 2.46. The number of hydrogen-bond donors (Lipinski definition) is 0. The van der Waals surface area contributed by atoms with Crippen LogP contribution in [-0.2, 0) is 0 Å². The third-order valence-electron chi connectivity index (χ3n) is 4.13. The zero-order valence-electron chi connectivity index (χ0n) is 12.4. The largest absolute Gasteiger partial charge is 0.334 e. The zero-order valence-corrected chi connectivity index (χ0v) is 12.4. The van der Waals surface area contributed by atoms with Crippen LogP contribution in [-0.4, -0.2) is 6.04 Å². The molecule has 1 heteroatoms. The number of fused-ring (bicyclic) bond motifs is 3. The Morgan fingerprint density at radius 2 is 2.00 bits per heavy atom. The van der Waals surface area contributed by atoms with E-state index in [-0.39, 0.29) is 0 Å². The molecule has 3 rings (SSSR count). The molecular formula is C19H21N. The van der Waals surface area contributed by atoms with E-state index < -0.39 is 0 Å². The smallest absolute Gasteiger partial charge is 0.0629 e. The van der Waals surface area contributed by atoms with Gasteiger partial charge in [-0.05, 0) is 38.5 Å². The van der Waals surface area contributed by atoms with Crippen molar-refractivity contribution in [1.82, 2.24) is 0 Å². The van der Waals surface area contributed by atoms with Crippen LogP contribution in [0.5, 0.6) is 0 Å². The lowest BCUT2D eigenvalue weighted by molar-refractivity contribution is 0.723. The number of nitrogens with zero attached hydrogens (tertiary/aromatic N) is 1. The van der Waals surface area contributed by atoms with Crippen molar-refractivity contribution in [1.29, 1.82) is 0 Å². The Balaban J connectivity index is 2.14. The first-order chi connectivity index (χ1) is 9.76. The normalized spacial score (nSPS) is 24.9. The minimum absolute atomic E-state index is 0.401. The Bertz CT molecular complexity index is 631. The second kappa shape index (κ2) is 5.16. The van der Waals surface area contributed by atoms with Gasteiger partial charge in [0.05, 0.1) is 6.04 Å². The van der Waals surface area contributed by atoms with Gasteiger partial charge in [-0.2, -0.15) is 0 Å². The fraction of sp³-hybridized carbons (Fsp3) is 0.263. The van der Waals surface area contributed by atoms with Gasteiger partial charge in [-0.1, -0.05) is 54.2 Å². The molecule has 1 aliphatic carbocycles. The van der Waals surface area contributed by atoms with E-state index in [0.29, 0.717) is 12.0 Å². The van der Waals surface area contributed by atoms with Crippen LogP contribution < -0.4 is 4.90 Å². The summed E-state index contributed by atoms with van der Waals surface area (Å²) in [6.07, 6.45) is 13.5. The van der Waals surface area contributed by atoms with Gasteiger partial charge in [-0.3, -0.25) is 0 Å². The average Bonchev–Trinajstić information content (AvgIpc) is 2.79. The summed E-state index contributed by atoms with van der Waals surface area (Å²) in [5.41, 5.74) is 5.40. The molecule has 0 spiro atoms. The maximum atomic E-state index is 2.46. The second-order valence-corrected chi connectivity index (χ2v) is 5.43. The third-order valence-corrected chi connectivity index (χ3v) is 4.13. The van der Waals surface area contributed by atoms with Crippen molar-refractivity contribution < 1.29 is 0 Å². The molecule has 0 bridgehead atoms. The molecule has 1 aromatic carbocycles. The SMILES string of the molecule is C/C=C\C(=C/C)N1c2ccccc2C2C=C(C)C=CC21. The van der Waals surface area contributed by atoms with Crippen molar-refractivity contribution in [3.63, 3.8) is 0 Å². The summed E-state index contributed by atoms with van der Waals surface area (Å²) in [4.78, 5) is 2.46. The zero-order chi connectivity index (χ0) is 14.1. The van der Waals surface area contributed by atoms with E-state index in [4.69, 9.17) is 0 Å². The van der Waals surface area contributed by atoms with Gasteiger partial charge in [0.15, 0.2) is 0 Å². The highest BCUT2D eigenvalue weighted by atomic mass is 15.2. The molecule has 1 nitrogen and oxygen atoms in total. The van der Waals surface area contributed by atoms with Crippen LogP contribution in [0.25, 0.3) is 0 Å². The molecule has 0 radical (unpaired) electrons. The van der Waals surface area contributed by atoms with Crippen LogP contribution in [0, 0.1) is 0 Å². The van der Waals surface area contributed by atoms with Crippen molar-refractivity contribution in [2.75, 3.05) is 4.90 Å². The molecule has 1 aliphatic heterocycles. The van der Waals surface area contributed by atoms with Crippen LogP contribution >= 0.6 is 0 Å². The number of hydrogen-bond acceptors (Lipinski definition) is 1. The lowest BCUT2D eigenvalue weighted by atomic mass is 9.89. The van der Waals surface area contributed by atoms with Crippen LogP contribution in [0.1, 0.15) is 32.3 Å². The van der Waals surface area contributed by atoms with Gasteiger partial charge in [-0.25, -0.2) is 0 Å². The lowest BCUT2D eigenvalue weighted by Gasteiger charge is -2.30. The number of allylic oxidation sites excluding steroid dienone is 5. The monoisotopic (exact) mass is 263 g/mol. The molecule has 0 saturated carbocycles. The molecular weight excluding hydrogens is 242 g/mol. The van der Waals surface area contributed by atoms with E-state index in [9.17, 15) is 0 Å². The van der Waals surface area contributed by atoms with Gasteiger partial charge in [-0.15, -0.1) is 0 Å². The molecule has 2 atom stereocenters. The van der Waals surface area contributed by atoms with E-state index in [1.165, 1.54) is 22.5 Å². The average molecular weight is 263 g/mol. The van der Waals surface area contributed by atoms with Crippen LogP contribution in [0.3, 0.4) is 0 Å². The molecule has 102 valence electrons. The Morgan fingerprint density at radius 1 is 1.20 bits per heavy atom. The predicted molar refractivity (Wildman–Crippen MR) is 86.9 cm³/mol. The fourth-order valence-electron chi connectivity index (χ4n) is 3.27. The molecule has 2 aliphatic rings. The van der Waals surface area contributed by atoms with Crippen molar-refractivity contribution in [2.45, 2.75) is 32.7 Å². The highest BCUT2D eigenvalue weighted by Gasteiger charge is 2.37. The third kappa shape index (κ3) is 1.94. The molecule has 1 heterocycles. The standard InChI is InChI=1S/C19H21N/c1-4-8-15(5-2)20-18-10-7-6-9-16(18)17-13-14(3)11-12-19(17)20/h4-13,17,19H,1-3H3/b8-4-,15-5+. The number of benzene rings is 1. The van der Waals surface area contributed by atoms with E-state index in [0.717, 1.165) is 0 Å². The summed E-state index contributed by atoms with van der Waals surface area (Å²) >= 11 is 0. The molecule has 0 fully saturated rings. The molecule has 0 amide bonds. The lowest BCUT2D eigenvalue weighted by Crippen LogP contribution is -2.31. The van der Waals surface area contributed by atoms with E-state index >= 15 is 0 Å². The number of para-hydroxylation sites is 1. The summed E-state index contributed by atoms with van der Waals surface area (Å²) in [6, 6.07) is 9.17. The Labute approximate surface area is 121 Å². The van der Waals surface area contributed by atoms with E-state index in [1.54, 1.807) is 0 Å². The van der Waals surface area contributed by atoms with Crippen LogP contribution in [0.15, 0.2) is 72.0 Å². The Morgan fingerprint density at radius 3 is 2.75 bits per heavy atom. The molecule has 0 N–H and O–H groups in total. The second-order valence-electron chi connectivity index (χ2n) is 5.43. The van der Waals surface area contributed by atoms with E-state index in [1.807, 2.05) is 0 Å². The van der Waals surface area contributed by atoms with Gasteiger partial charge in [0.1, 0.15) is 0 Å². The topological polar surface area (TPSA) is 3.24 Å². The molecule has 0 aromatic heterocycles. The van der Waals surface area contributed by atoms with Crippen LogP contribution in [0.2, 0.25) is 0 Å². The van der Waals surface area contributed by atoms with Gasteiger partial charge in [0.25, 0.3) is 0 Å². The van der Waals surface area contributed by atoms with Gasteiger partial charge in [0.2, 0.25) is 0 Å². The van der Waals surface area contributed by atoms with E-state index in [2.05, 4.69) is 86.4 Å². The highest BCUT2D eigenvalue weighted by molar-refractivity contribution is 5.70. The fourth-order valence-corrected chi connectivity index (χ4v) is 3.27. The predicted octanol–water partition coefficient (Wildman–Crippen LogP) is 4.95. The van der Waals surface area contributed by atoms with Gasteiger partial charge >= 0.3 is 0 Å². The van der Waals surface area contributed by atoms with Crippen molar-refractivity contribution >= 4 is 5.69 Å². The minimum Gasteiger partial charge on any atom is -0.334 e. The van der Waals surface area contributed by atoms with Crippen molar-refractivity contribution in [3.05, 3.63) is 77.6 Å². The summed E-state index contributed by atoms with van der Waals surface area (Å²) < 4.78 is 0. The molecule has 2 unspecified atom stereocenters. The van der Waals surface area contributed by atoms with Crippen molar-refractivity contribution in [2.24, 2.45) is 0 Å². The molecule has 1 aromatic rings. The molecule has 20 heavy (non-hydrogen) atoms. The first kappa shape index (κ1) is 13.0. The van der Waals surface area contributed by atoms with Crippen molar-refractivity contribution in [3.8, 4) is 0 Å². The molecule has 0 saturated heterocycles. The summed E-state index contributed by atoms with van der Waals surface area (Å²) in [5.74, 6) is 0.469. The first-order valence-electron chi connectivity index (χ1n) is 7.30.